The molecule has 0 saturated carbocycles. The molecule has 2 N–H and O–H groups in total. The van der Waals surface area contributed by atoms with Crippen LogP contribution < -0.4 is 15.2 Å². The van der Waals surface area contributed by atoms with Crippen LogP contribution in [0.15, 0.2) is 42.5 Å². The predicted molar refractivity (Wildman–Crippen MR) is 81.4 cm³/mol. The van der Waals surface area contributed by atoms with Gasteiger partial charge in [0.2, 0.25) is 0 Å². The third-order valence-electron chi connectivity index (χ3n) is 2.91. The average molecular weight is 289 g/mol. The van der Waals surface area contributed by atoms with Crippen molar-refractivity contribution >= 4 is 0 Å². The van der Waals surface area contributed by atoms with E-state index in [9.17, 15) is 4.39 Å². The molecule has 2 aromatic carbocycles. The normalized spacial score (nSPS) is 12.0. The molecule has 0 aliphatic rings. The summed E-state index contributed by atoms with van der Waals surface area (Å²) in [5, 5.41) is 0. The maximum atomic E-state index is 13.4. The van der Waals surface area contributed by atoms with Gasteiger partial charge in [-0.3, -0.25) is 0 Å². The number of halogens is 1. The standard InChI is InChI=1S/C17H20FNO2/c1-3-20-15-5-4-6-16(11-15)21-17-8-7-14(18)10-13(17)9-12(2)19/h4-8,10-12H,3,9,19H2,1-2H3. The van der Waals surface area contributed by atoms with Crippen molar-refractivity contribution in [3.05, 3.63) is 53.8 Å². The lowest BCUT2D eigenvalue weighted by Gasteiger charge is -2.13. The van der Waals surface area contributed by atoms with Crippen molar-refractivity contribution in [1.29, 1.82) is 0 Å². The molecule has 3 nitrogen and oxygen atoms in total. The summed E-state index contributed by atoms with van der Waals surface area (Å²) in [6.07, 6.45) is 0.554. The molecule has 0 aliphatic heterocycles. The second-order valence-electron chi connectivity index (χ2n) is 4.94. The van der Waals surface area contributed by atoms with E-state index in [-0.39, 0.29) is 11.9 Å². The topological polar surface area (TPSA) is 44.5 Å². The molecule has 4 heteroatoms. The number of hydrogen-bond donors (Lipinski definition) is 1. The molecule has 112 valence electrons. The predicted octanol–water partition coefficient (Wildman–Crippen LogP) is 3.91. The number of rotatable bonds is 6. The van der Waals surface area contributed by atoms with Gasteiger partial charge in [0, 0.05) is 12.1 Å². The minimum absolute atomic E-state index is 0.0658. The Morgan fingerprint density at radius 1 is 1.14 bits per heavy atom. The van der Waals surface area contributed by atoms with Gasteiger partial charge in [0.25, 0.3) is 0 Å². The molecule has 1 atom stereocenters. The van der Waals surface area contributed by atoms with Crippen molar-refractivity contribution in [2.75, 3.05) is 6.61 Å². The van der Waals surface area contributed by atoms with Gasteiger partial charge in [-0.05, 0) is 56.2 Å². The minimum atomic E-state index is -0.291. The molecule has 0 saturated heterocycles. The molecule has 0 spiro atoms. The zero-order chi connectivity index (χ0) is 15.2. The Balaban J connectivity index is 2.24. The first-order valence-corrected chi connectivity index (χ1v) is 7.03. The van der Waals surface area contributed by atoms with Crippen molar-refractivity contribution in [2.45, 2.75) is 26.3 Å². The van der Waals surface area contributed by atoms with Crippen LogP contribution in [-0.4, -0.2) is 12.6 Å². The molecule has 0 amide bonds. The highest BCUT2D eigenvalue weighted by atomic mass is 19.1. The summed E-state index contributed by atoms with van der Waals surface area (Å²) in [6, 6.07) is 11.8. The summed E-state index contributed by atoms with van der Waals surface area (Å²) in [5.41, 5.74) is 6.56. The monoisotopic (exact) mass is 289 g/mol. The van der Waals surface area contributed by atoms with E-state index >= 15 is 0 Å². The van der Waals surface area contributed by atoms with Gasteiger partial charge in [-0.2, -0.15) is 0 Å². The van der Waals surface area contributed by atoms with Crippen molar-refractivity contribution in [1.82, 2.24) is 0 Å². The van der Waals surface area contributed by atoms with Gasteiger partial charge in [0.05, 0.1) is 6.61 Å². The first kappa shape index (κ1) is 15.3. The average Bonchev–Trinajstić information content (AvgIpc) is 2.42. The second kappa shape index (κ2) is 7.09. The molecule has 2 aromatic rings. The van der Waals surface area contributed by atoms with Crippen LogP contribution in [0.3, 0.4) is 0 Å². The Bertz CT molecular complexity index is 599. The summed E-state index contributed by atoms with van der Waals surface area (Å²) < 4.78 is 24.7. The molecule has 0 aromatic heterocycles. The highest BCUT2D eigenvalue weighted by Crippen LogP contribution is 2.29. The maximum Gasteiger partial charge on any atom is 0.131 e. The fraction of sp³-hybridized carbons (Fsp3) is 0.294. The fourth-order valence-electron chi connectivity index (χ4n) is 2.08. The number of benzene rings is 2. The van der Waals surface area contributed by atoms with Gasteiger partial charge in [-0.25, -0.2) is 4.39 Å². The van der Waals surface area contributed by atoms with E-state index in [2.05, 4.69) is 0 Å². The molecule has 0 heterocycles. The summed E-state index contributed by atoms with van der Waals surface area (Å²) in [6.45, 7) is 4.40. The largest absolute Gasteiger partial charge is 0.494 e. The summed E-state index contributed by atoms with van der Waals surface area (Å²) in [7, 11) is 0. The van der Waals surface area contributed by atoms with Crippen LogP contribution >= 0.6 is 0 Å². The third-order valence-corrected chi connectivity index (χ3v) is 2.91. The lowest BCUT2D eigenvalue weighted by molar-refractivity contribution is 0.338. The summed E-state index contributed by atoms with van der Waals surface area (Å²) in [5.74, 6) is 1.72. The van der Waals surface area contributed by atoms with Crippen LogP contribution in [0.1, 0.15) is 19.4 Å². The second-order valence-corrected chi connectivity index (χ2v) is 4.94. The lowest BCUT2D eigenvalue weighted by atomic mass is 10.1. The molecular weight excluding hydrogens is 269 g/mol. The number of nitrogens with two attached hydrogens (primary N) is 1. The zero-order valence-electron chi connectivity index (χ0n) is 12.3. The van der Waals surface area contributed by atoms with E-state index in [1.807, 2.05) is 38.1 Å². The van der Waals surface area contributed by atoms with E-state index in [1.165, 1.54) is 12.1 Å². The third kappa shape index (κ3) is 4.46. The van der Waals surface area contributed by atoms with Gasteiger partial charge in [-0.1, -0.05) is 6.07 Å². The maximum absolute atomic E-state index is 13.4. The molecule has 2 rings (SSSR count). The first-order chi connectivity index (χ1) is 10.1. The Morgan fingerprint density at radius 2 is 1.90 bits per heavy atom. The molecule has 0 radical (unpaired) electrons. The molecule has 21 heavy (non-hydrogen) atoms. The quantitative estimate of drug-likeness (QED) is 0.877. The van der Waals surface area contributed by atoms with Crippen molar-refractivity contribution < 1.29 is 13.9 Å². The number of hydrogen-bond acceptors (Lipinski definition) is 3. The van der Waals surface area contributed by atoms with Crippen molar-refractivity contribution in [2.24, 2.45) is 5.73 Å². The van der Waals surface area contributed by atoms with Gasteiger partial charge in [0.1, 0.15) is 23.1 Å². The summed E-state index contributed by atoms with van der Waals surface area (Å²) >= 11 is 0. The van der Waals surface area contributed by atoms with E-state index in [1.54, 1.807) is 6.07 Å². The highest BCUT2D eigenvalue weighted by Gasteiger charge is 2.09. The van der Waals surface area contributed by atoms with Crippen LogP contribution in [-0.2, 0) is 6.42 Å². The van der Waals surface area contributed by atoms with E-state index < -0.39 is 0 Å². The van der Waals surface area contributed by atoms with Crippen LogP contribution in [0, 0.1) is 5.82 Å². The van der Waals surface area contributed by atoms with Crippen molar-refractivity contribution in [3.8, 4) is 17.2 Å². The van der Waals surface area contributed by atoms with Crippen molar-refractivity contribution in [3.63, 3.8) is 0 Å². The van der Waals surface area contributed by atoms with Gasteiger partial charge in [0.15, 0.2) is 0 Å². The minimum Gasteiger partial charge on any atom is -0.494 e. The fourth-order valence-corrected chi connectivity index (χ4v) is 2.08. The lowest BCUT2D eigenvalue weighted by Crippen LogP contribution is -2.18. The molecule has 1 unspecified atom stereocenters. The van der Waals surface area contributed by atoms with E-state index in [0.29, 0.717) is 24.5 Å². The van der Waals surface area contributed by atoms with Gasteiger partial charge in [-0.15, -0.1) is 0 Å². The zero-order valence-corrected chi connectivity index (χ0v) is 12.3. The number of ether oxygens (including phenoxy) is 2. The van der Waals surface area contributed by atoms with Crippen LogP contribution in [0.4, 0.5) is 4.39 Å². The Kier molecular flexibility index (Phi) is 5.17. The smallest absolute Gasteiger partial charge is 0.131 e. The SMILES string of the molecule is CCOc1cccc(Oc2ccc(F)cc2CC(C)N)c1. The van der Waals surface area contributed by atoms with Crippen LogP contribution in [0.2, 0.25) is 0 Å². The molecule has 0 bridgehead atoms. The van der Waals surface area contributed by atoms with Crippen LogP contribution in [0.25, 0.3) is 0 Å². The Hall–Kier alpha value is -2.07. The summed E-state index contributed by atoms with van der Waals surface area (Å²) in [4.78, 5) is 0. The van der Waals surface area contributed by atoms with Gasteiger partial charge < -0.3 is 15.2 Å². The highest BCUT2D eigenvalue weighted by molar-refractivity contribution is 5.41. The van der Waals surface area contributed by atoms with Crippen LogP contribution in [0.5, 0.6) is 17.2 Å². The Labute approximate surface area is 124 Å². The molecule has 0 aliphatic carbocycles. The molecular formula is C17H20FNO2. The first-order valence-electron chi connectivity index (χ1n) is 7.03. The van der Waals surface area contributed by atoms with E-state index in [4.69, 9.17) is 15.2 Å². The van der Waals surface area contributed by atoms with Gasteiger partial charge >= 0.3 is 0 Å². The molecule has 0 fully saturated rings. The Morgan fingerprint density at radius 3 is 2.62 bits per heavy atom. The van der Waals surface area contributed by atoms with E-state index in [0.717, 1.165) is 11.3 Å².